The van der Waals surface area contributed by atoms with Gasteiger partial charge in [0, 0.05) is 5.02 Å². The van der Waals surface area contributed by atoms with Gasteiger partial charge in [-0.15, -0.1) is 0 Å². The SMILES string of the molecule is CCOC(=O)NC(=O)COC(=O)c1ccc(Cl)cc1Cl. The fraction of sp³-hybridized carbons (Fsp3) is 0.250. The molecule has 8 heteroatoms. The molecule has 0 atom stereocenters. The van der Waals surface area contributed by atoms with Gasteiger partial charge in [-0.3, -0.25) is 10.1 Å². The van der Waals surface area contributed by atoms with Crippen LogP contribution in [-0.4, -0.2) is 31.2 Å². The Balaban J connectivity index is 2.51. The number of hydrogen-bond acceptors (Lipinski definition) is 5. The van der Waals surface area contributed by atoms with E-state index in [1.807, 2.05) is 5.32 Å². The number of hydrogen-bond donors (Lipinski definition) is 1. The van der Waals surface area contributed by atoms with Crippen LogP contribution in [0.4, 0.5) is 4.79 Å². The Morgan fingerprint density at radius 2 is 1.90 bits per heavy atom. The molecule has 1 aromatic rings. The van der Waals surface area contributed by atoms with Gasteiger partial charge in [0.1, 0.15) is 0 Å². The van der Waals surface area contributed by atoms with E-state index in [0.29, 0.717) is 5.02 Å². The number of rotatable bonds is 4. The van der Waals surface area contributed by atoms with E-state index in [1.54, 1.807) is 6.92 Å². The number of ether oxygens (including phenoxy) is 2. The van der Waals surface area contributed by atoms with Crippen molar-refractivity contribution >= 4 is 41.2 Å². The van der Waals surface area contributed by atoms with E-state index in [2.05, 4.69) is 4.74 Å². The number of esters is 1. The second-order valence-electron chi connectivity index (χ2n) is 3.47. The Kier molecular flexibility index (Phi) is 6.27. The van der Waals surface area contributed by atoms with Crippen molar-refractivity contribution in [1.29, 1.82) is 0 Å². The first-order valence-corrected chi connectivity index (χ1v) is 6.28. The minimum absolute atomic E-state index is 0.0694. The summed E-state index contributed by atoms with van der Waals surface area (Å²) < 4.78 is 9.19. The summed E-state index contributed by atoms with van der Waals surface area (Å²) in [7, 11) is 0. The second kappa shape index (κ2) is 7.72. The van der Waals surface area contributed by atoms with Gasteiger partial charge in [-0.25, -0.2) is 9.59 Å². The van der Waals surface area contributed by atoms with Gasteiger partial charge >= 0.3 is 12.1 Å². The van der Waals surface area contributed by atoms with Crippen LogP contribution in [-0.2, 0) is 14.3 Å². The largest absolute Gasteiger partial charge is 0.452 e. The predicted molar refractivity (Wildman–Crippen MR) is 71.9 cm³/mol. The van der Waals surface area contributed by atoms with Gasteiger partial charge < -0.3 is 9.47 Å². The van der Waals surface area contributed by atoms with E-state index in [-0.39, 0.29) is 17.2 Å². The van der Waals surface area contributed by atoms with E-state index < -0.39 is 24.6 Å². The predicted octanol–water partition coefficient (Wildman–Crippen LogP) is 2.42. The summed E-state index contributed by atoms with van der Waals surface area (Å²) in [4.78, 5) is 33.8. The lowest BCUT2D eigenvalue weighted by Crippen LogP contribution is -2.34. The average molecular weight is 320 g/mol. The van der Waals surface area contributed by atoms with Crippen LogP contribution in [0.1, 0.15) is 17.3 Å². The molecule has 0 aliphatic rings. The monoisotopic (exact) mass is 319 g/mol. The third-order valence-electron chi connectivity index (χ3n) is 2.00. The molecule has 1 aromatic carbocycles. The molecule has 0 heterocycles. The molecule has 0 spiro atoms. The van der Waals surface area contributed by atoms with E-state index in [4.69, 9.17) is 27.9 Å². The van der Waals surface area contributed by atoms with Gasteiger partial charge in [-0.1, -0.05) is 23.2 Å². The number of benzene rings is 1. The molecule has 0 aromatic heterocycles. The smallest absolute Gasteiger partial charge is 0.413 e. The van der Waals surface area contributed by atoms with Crippen LogP contribution in [0, 0.1) is 0 Å². The van der Waals surface area contributed by atoms with Crippen LogP contribution in [0.25, 0.3) is 0 Å². The fourth-order valence-electron chi connectivity index (χ4n) is 1.18. The van der Waals surface area contributed by atoms with Gasteiger partial charge in [-0.2, -0.15) is 0 Å². The molecular formula is C12H11Cl2NO5. The van der Waals surface area contributed by atoms with Crippen molar-refractivity contribution in [2.24, 2.45) is 0 Å². The summed E-state index contributed by atoms with van der Waals surface area (Å²) in [6.45, 7) is 1.09. The molecule has 0 fully saturated rings. The summed E-state index contributed by atoms with van der Waals surface area (Å²) in [5.41, 5.74) is 0.0694. The fourth-order valence-corrected chi connectivity index (χ4v) is 1.67. The van der Waals surface area contributed by atoms with Gasteiger partial charge in [0.15, 0.2) is 6.61 Å². The number of carbonyl (C=O) groups is 3. The lowest BCUT2D eigenvalue weighted by atomic mass is 10.2. The van der Waals surface area contributed by atoms with Crippen LogP contribution in [0.3, 0.4) is 0 Å². The van der Waals surface area contributed by atoms with E-state index in [0.717, 1.165) is 0 Å². The molecule has 2 amide bonds. The Bertz CT molecular complexity index is 533. The molecule has 0 bridgehead atoms. The molecule has 0 saturated heterocycles. The molecule has 20 heavy (non-hydrogen) atoms. The van der Waals surface area contributed by atoms with Gasteiger partial charge in [-0.05, 0) is 25.1 Å². The summed E-state index contributed by atoms with van der Waals surface area (Å²) in [6.07, 6.45) is -0.905. The molecule has 0 aliphatic carbocycles. The number of carbonyl (C=O) groups excluding carboxylic acids is 3. The van der Waals surface area contributed by atoms with Crippen molar-refractivity contribution in [2.75, 3.05) is 13.2 Å². The maximum absolute atomic E-state index is 11.6. The van der Waals surface area contributed by atoms with E-state index in [9.17, 15) is 14.4 Å². The number of imide groups is 1. The summed E-state index contributed by atoms with van der Waals surface area (Å²) >= 11 is 11.5. The van der Waals surface area contributed by atoms with Crippen molar-refractivity contribution in [1.82, 2.24) is 5.32 Å². The van der Waals surface area contributed by atoms with Crippen LogP contribution in [0.15, 0.2) is 18.2 Å². The average Bonchev–Trinajstić information content (AvgIpc) is 2.36. The van der Waals surface area contributed by atoms with Gasteiger partial charge in [0.25, 0.3) is 5.91 Å². The summed E-state index contributed by atoms with van der Waals surface area (Å²) in [5.74, 6) is -1.60. The first-order chi connectivity index (χ1) is 9.43. The molecule has 0 aliphatic heterocycles. The standard InChI is InChI=1S/C12H11Cl2NO5/c1-2-19-12(18)15-10(16)6-20-11(17)8-4-3-7(13)5-9(8)14/h3-5H,2,6H2,1H3,(H,15,16,18). The Hall–Kier alpha value is -1.79. The minimum atomic E-state index is -0.905. The molecule has 6 nitrogen and oxygen atoms in total. The highest BCUT2D eigenvalue weighted by molar-refractivity contribution is 6.36. The molecule has 0 unspecified atom stereocenters. The molecule has 0 radical (unpaired) electrons. The third-order valence-corrected chi connectivity index (χ3v) is 2.55. The quantitative estimate of drug-likeness (QED) is 0.862. The summed E-state index contributed by atoms with van der Waals surface area (Å²) in [5, 5.41) is 2.35. The van der Waals surface area contributed by atoms with E-state index in [1.165, 1.54) is 18.2 Å². The van der Waals surface area contributed by atoms with Gasteiger partial charge in [0.05, 0.1) is 17.2 Å². The highest BCUT2D eigenvalue weighted by atomic mass is 35.5. The molecular weight excluding hydrogens is 309 g/mol. The first-order valence-electron chi connectivity index (χ1n) is 5.52. The van der Waals surface area contributed by atoms with Crippen LogP contribution >= 0.6 is 23.2 Å². The lowest BCUT2D eigenvalue weighted by molar-refractivity contribution is -0.123. The zero-order valence-corrected chi connectivity index (χ0v) is 12.0. The number of amides is 2. The maximum Gasteiger partial charge on any atom is 0.413 e. The third kappa shape index (κ3) is 5.07. The second-order valence-corrected chi connectivity index (χ2v) is 4.31. The molecule has 108 valence electrons. The highest BCUT2D eigenvalue weighted by Crippen LogP contribution is 2.21. The van der Waals surface area contributed by atoms with Crippen molar-refractivity contribution < 1.29 is 23.9 Å². The number of halogens is 2. The maximum atomic E-state index is 11.6. The Morgan fingerprint density at radius 3 is 2.50 bits per heavy atom. The minimum Gasteiger partial charge on any atom is -0.452 e. The lowest BCUT2D eigenvalue weighted by Gasteiger charge is -2.07. The van der Waals surface area contributed by atoms with Crippen LogP contribution in [0.2, 0.25) is 10.0 Å². The zero-order chi connectivity index (χ0) is 15.1. The molecule has 1 N–H and O–H groups in total. The Labute approximate surface area is 124 Å². The molecule has 1 rings (SSSR count). The molecule has 0 saturated carbocycles. The zero-order valence-electron chi connectivity index (χ0n) is 10.4. The van der Waals surface area contributed by atoms with Crippen molar-refractivity contribution in [3.63, 3.8) is 0 Å². The van der Waals surface area contributed by atoms with Gasteiger partial charge in [0.2, 0.25) is 0 Å². The van der Waals surface area contributed by atoms with Crippen LogP contribution < -0.4 is 5.32 Å². The highest BCUT2D eigenvalue weighted by Gasteiger charge is 2.15. The van der Waals surface area contributed by atoms with Crippen LogP contribution in [0.5, 0.6) is 0 Å². The first kappa shape index (κ1) is 16.3. The summed E-state index contributed by atoms with van der Waals surface area (Å²) in [6, 6.07) is 4.21. The number of nitrogens with one attached hydrogen (secondary N) is 1. The topological polar surface area (TPSA) is 81.7 Å². The normalized spacial score (nSPS) is 9.75. The number of alkyl carbamates (subject to hydrolysis) is 1. The van der Waals surface area contributed by atoms with Crippen molar-refractivity contribution in [3.05, 3.63) is 33.8 Å². The van der Waals surface area contributed by atoms with E-state index >= 15 is 0 Å². The Morgan fingerprint density at radius 1 is 1.20 bits per heavy atom. The van der Waals surface area contributed by atoms with Crippen molar-refractivity contribution in [3.8, 4) is 0 Å². The van der Waals surface area contributed by atoms with Crippen molar-refractivity contribution in [2.45, 2.75) is 6.92 Å².